The molecule has 94 valence electrons. The third-order valence-corrected chi connectivity index (χ3v) is 5.11. The first kappa shape index (κ1) is 12.0. The molecule has 2 nitrogen and oxygen atoms in total. The van der Waals surface area contributed by atoms with Crippen molar-refractivity contribution in [3.05, 3.63) is 20.8 Å². The van der Waals surface area contributed by atoms with E-state index in [0.717, 1.165) is 23.8 Å². The van der Waals surface area contributed by atoms with Gasteiger partial charge in [-0.2, -0.15) is 0 Å². The summed E-state index contributed by atoms with van der Waals surface area (Å²) in [5.74, 6) is 0. The van der Waals surface area contributed by atoms with E-state index in [1.165, 1.54) is 23.3 Å². The van der Waals surface area contributed by atoms with Gasteiger partial charge in [-0.25, -0.2) is 0 Å². The second-order valence-electron chi connectivity index (χ2n) is 5.09. The van der Waals surface area contributed by atoms with E-state index in [-0.39, 0.29) is 0 Å². The molecule has 17 heavy (non-hydrogen) atoms. The summed E-state index contributed by atoms with van der Waals surface area (Å²) < 4.78 is 6.52. The first-order valence-corrected chi connectivity index (χ1v) is 7.57. The van der Waals surface area contributed by atoms with Gasteiger partial charge in [-0.1, -0.05) is 11.6 Å². The van der Waals surface area contributed by atoms with Gasteiger partial charge in [0, 0.05) is 23.6 Å². The van der Waals surface area contributed by atoms with Gasteiger partial charge in [-0.15, -0.1) is 11.3 Å². The van der Waals surface area contributed by atoms with E-state index in [1.54, 1.807) is 11.3 Å². The van der Waals surface area contributed by atoms with E-state index in [1.807, 2.05) is 0 Å². The van der Waals surface area contributed by atoms with Crippen LogP contribution in [0.5, 0.6) is 0 Å². The van der Waals surface area contributed by atoms with Crippen LogP contribution in [0.25, 0.3) is 0 Å². The summed E-state index contributed by atoms with van der Waals surface area (Å²) in [6, 6.07) is 3.27. The minimum Gasteiger partial charge on any atom is -0.378 e. The topological polar surface area (TPSA) is 21.3 Å². The van der Waals surface area contributed by atoms with Gasteiger partial charge in [0.2, 0.25) is 0 Å². The SMILES string of the molecule is CC1CC(NC2CCc3sc(Cl)cc32)CCO1. The quantitative estimate of drug-likeness (QED) is 0.888. The molecule has 1 N–H and O–H groups in total. The number of hydrogen-bond acceptors (Lipinski definition) is 3. The second kappa shape index (κ2) is 4.88. The third-order valence-electron chi connectivity index (χ3n) is 3.77. The van der Waals surface area contributed by atoms with Crippen LogP contribution in [0.3, 0.4) is 0 Å². The van der Waals surface area contributed by atoms with Crippen molar-refractivity contribution in [2.45, 2.75) is 50.8 Å². The average molecular weight is 272 g/mol. The molecule has 0 spiro atoms. The van der Waals surface area contributed by atoms with Gasteiger partial charge in [0.15, 0.2) is 0 Å². The predicted octanol–water partition coefficient (Wildman–Crippen LogP) is 3.55. The van der Waals surface area contributed by atoms with E-state index in [2.05, 4.69) is 18.3 Å². The lowest BCUT2D eigenvalue weighted by molar-refractivity contribution is 0.0112. The highest BCUT2D eigenvalue weighted by atomic mass is 35.5. The van der Waals surface area contributed by atoms with Crippen LogP contribution in [-0.4, -0.2) is 18.8 Å². The van der Waals surface area contributed by atoms with Gasteiger partial charge in [-0.3, -0.25) is 0 Å². The van der Waals surface area contributed by atoms with Gasteiger partial charge in [0.25, 0.3) is 0 Å². The standard InChI is InChI=1S/C13H18ClNOS/c1-8-6-9(4-5-16-8)15-11-2-3-12-10(11)7-13(14)17-12/h7-9,11,15H,2-6H2,1H3. The highest BCUT2D eigenvalue weighted by Crippen LogP contribution is 2.39. The van der Waals surface area contributed by atoms with Gasteiger partial charge < -0.3 is 10.1 Å². The fraction of sp³-hybridized carbons (Fsp3) is 0.692. The number of aryl methyl sites for hydroxylation is 1. The number of nitrogens with one attached hydrogen (secondary N) is 1. The highest BCUT2D eigenvalue weighted by molar-refractivity contribution is 7.16. The van der Waals surface area contributed by atoms with Crippen LogP contribution >= 0.6 is 22.9 Å². The minimum absolute atomic E-state index is 0.396. The van der Waals surface area contributed by atoms with Crippen molar-refractivity contribution >= 4 is 22.9 Å². The summed E-state index contributed by atoms with van der Waals surface area (Å²) in [5.41, 5.74) is 1.44. The summed E-state index contributed by atoms with van der Waals surface area (Å²) in [7, 11) is 0. The van der Waals surface area contributed by atoms with Crippen LogP contribution in [0.15, 0.2) is 6.07 Å². The Labute approximate surface area is 111 Å². The Morgan fingerprint density at radius 3 is 3.18 bits per heavy atom. The van der Waals surface area contributed by atoms with Crippen LogP contribution in [0, 0.1) is 0 Å². The number of rotatable bonds is 2. The van der Waals surface area contributed by atoms with Gasteiger partial charge in [0.05, 0.1) is 10.4 Å². The molecule has 0 bridgehead atoms. The molecular formula is C13H18ClNOS. The molecule has 0 aromatic carbocycles. The molecule has 0 amide bonds. The molecule has 0 radical (unpaired) electrons. The maximum atomic E-state index is 6.08. The van der Waals surface area contributed by atoms with Crippen molar-refractivity contribution in [1.29, 1.82) is 0 Å². The maximum absolute atomic E-state index is 6.08. The lowest BCUT2D eigenvalue weighted by Crippen LogP contribution is -2.39. The second-order valence-corrected chi connectivity index (χ2v) is 6.86. The molecule has 0 saturated carbocycles. The predicted molar refractivity (Wildman–Crippen MR) is 72.0 cm³/mol. The Bertz CT molecular complexity index is 406. The monoisotopic (exact) mass is 271 g/mol. The Morgan fingerprint density at radius 2 is 2.35 bits per heavy atom. The number of thiophene rings is 1. The zero-order valence-electron chi connectivity index (χ0n) is 10.0. The summed E-state index contributed by atoms with van der Waals surface area (Å²) in [6.07, 6.45) is 5.07. The molecule has 3 rings (SSSR count). The van der Waals surface area contributed by atoms with Gasteiger partial charge >= 0.3 is 0 Å². The highest BCUT2D eigenvalue weighted by Gasteiger charge is 2.28. The summed E-state index contributed by atoms with van der Waals surface area (Å²) >= 11 is 7.82. The minimum atomic E-state index is 0.396. The van der Waals surface area contributed by atoms with Crippen molar-refractivity contribution < 1.29 is 4.74 Å². The molecule has 4 heteroatoms. The molecule has 2 aliphatic rings. The van der Waals surface area contributed by atoms with Crippen LogP contribution in [0.4, 0.5) is 0 Å². The molecular weight excluding hydrogens is 254 g/mol. The van der Waals surface area contributed by atoms with E-state index < -0.39 is 0 Å². The zero-order valence-corrected chi connectivity index (χ0v) is 11.6. The van der Waals surface area contributed by atoms with Crippen molar-refractivity contribution in [2.75, 3.05) is 6.61 Å². The Balaban J connectivity index is 1.66. The number of halogens is 1. The maximum Gasteiger partial charge on any atom is 0.0934 e. The van der Waals surface area contributed by atoms with Crippen molar-refractivity contribution in [2.24, 2.45) is 0 Å². The van der Waals surface area contributed by atoms with E-state index in [0.29, 0.717) is 18.2 Å². The van der Waals surface area contributed by atoms with Crippen LogP contribution in [0.1, 0.15) is 42.7 Å². The molecule has 3 unspecified atom stereocenters. The summed E-state index contributed by atoms with van der Waals surface area (Å²) in [4.78, 5) is 1.48. The fourth-order valence-corrected chi connectivity index (χ4v) is 4.29. The van der Waals surface area contributed by atoms with Crippen LogP contribution in [-0.2, 0) is 11.2 Å². The van der Waals surface area contributed by atoms with Crippen molar-refractivity contribution in [3.8, 4) is 0 Å². The molecule has 1 aromatic rings. The Hall–Kier alpha value is -0.0900. The van der Waals surface area contributed by atoms with Crippen molar-refractivity contribution in [1.82, 2.24) is 5.32 Å². The van der Waals surface area contributed by atoms with E-state index in [4.69, 9.17) is 16.3 Å². The zero-order chi connectivity index (χ0) is 11.8. The van der Waals surface area contributed by atoms with E-state index >= 15 is 0 Å². The first-order chi connectivity index (χ1) is 8.22. The Kier molecular flexibility index (Phi) is 3.44. The molecule has 1 aliphatic carbocycles. The van der Waals surface area contributed by atoms with Crippen LogP contribution < -0.4 is 5.32 Å². The van der Waals surface area contributed by atoms with Crippen LogP contribution in [0.2, 0.25) is 4.34 Å². The largest absolute Gasteiger partial charge is 0.378 e. The number of fused-ring (bicyclic) bond motifs is 1. The summed E-state index contributed by atoms with van der Waals surface area (Å²) in [5, 5.41) is 3.79. The van der Waals surface area contributed by atoms with Gasteiger partial charge in [0.1, 0.15) is 0 Å². The molecule has 1 aliphatic heterocycles. The molecule has 1 aromatic heterocycles. The molecule has 1 saturated heterocycles. The number of ether oxygens (including phenoxy) is 1. The molecule has 3 atom stereocenters. The molecule has 2 heterocycles. The van der Waals surface area contributed by atoms with Gasteiger partial charge in [-0.05, 0) is 44.2 Å². The number of hydrogen-bond donors (Lipinski definition) is 1. The van der Waals surface area contributed by atoms with Crippen molar-refractivity contribution in [3.63, 3.8) is 0 Å². The Morgan fingerprint density at radius 1 is 1.47 bits per heavy atom. The average Bonchev–Trinajstić information content (AvgIpc) is 2.80. The smallest absolute Gasteiger partial charge is 0.0934 e. The lowest BCUT2D eigenvalue weighted by Gasteiger charge is -2.30. The normalized spacial score (nSPS) is 32.7. The van der Waals surface area contributed by atoms with E-state index in [9.17, 15) is 0 Å². The fourth-order valence-electron chi connectivity index (χ4n) is 2.94. The third kappa shape index (κ3) is 2.53. The molecule has 1 fully saturated rings. The first-order valence-electron chi connectivity index (χ1n) is 6.38. The summed E-state index contributed by atoms with van der Waals surface area (Å²) in [6.45, 7) is 3.05. The lowest BCUT2D eigenvalue weighted by atomic mass is 10.0.